The highest BCUT2D eigenvalue weighted by molar-refractivity contribution is 7.16. The third-order valence-electron chi connectivity index (χ3n) is 4.24. The van der Waals surface area contributed by atoms with Crippen LogP contribution in [-0.4, -0.2) is 26.1 Å². The lowest BCUT2D eigenvalue weighted by molar-refractivity contribution is -0.115. The van der Waals surface area contributed by atoms with Crippen molar-refractivity contribution < 1.29 is 23.5 Å². The summed E-state index contributed by atoms with van der Waals surface area (Å²) in [6.45, 7) is 3.74. The Morgan fingerprint density at radius 1 is 1.23 bits per heavy atom. The van der Waals surface area contributed by atoms with Crippen LogP contribution in [0.25, 0.3) is 11.0 Å². The molecule has 0 spiro atoms. The van der Waals surface area contributed by atoms with Gasteiger partial charge >= 0.3 is 5.97 Å². The fourth-order valence-electron chi connectivity index (χ4n) is 2.73. The maximum absolute atomic E-state index is 12.5. The van der Waals surface area contributed by atoms with E-state index in [1.165, 1.54) is 18.4 Å². The molecule has 0 atom stereocenters. The molecule has 1 amide bonds. The molecule has 1 aromatic carbocycles. The third kappa shape index (κ3) is 3.30. The molecule has 26 heavy (non-hydrogen) atoms. The first-order valence-corrected chi connectivity index (χ1v) is 8.78. The van der Waals surface area contributed by atoms with Crippen LogP contribution in [0.1, 0.15) is 26.4 Å². The number of aryl methyl sites for hydroxylation is 1. The van der Waals surface area contributed by atoms with Crippen LogP contribution in [0.2, 0.25) is 0 Å². The molecule has 3 rings (SSSR count). The number of carbonyl (C=O) groups is 2. The summed E-state index contributed by atoms with van der Waals surface area (Å²) in [6, 6.07) is 5.46. The van der Waals surface area contributed by atoms with Crippen LogP contribution in [0.15, 0.2) is 28.9 Å². The third-order valence-corrected chi connectivity index (χ3v) is 5.36. The average molecular weight is 373 g/mol. The van der Waals surface area contributed by atoms with Gasteiger partial charge in [0.2, 0.25) is 5.91 Å². The molecule has 6 nitrogen and oxygen atoms in total. The number of furan rings is 1. The molecule has 0 saturated carbocycles. The summed E-state index contributed by atoms with van der Waals surface area (Å²) in [4.78, 5) is 25.5. The average Bonchev–Trinajstić information content (AvgIpc) is 3.14. The zero-order valence-electron chi connectivity index (χ0n) is 15.0. The van der Waals surface area contributed by atoms with E-state index in [9.17, 15) is 9.59 Å². The lowest BCUT2D eigenvalue weighted by Gasteiger charge is -2.06. The number of amides is 1. The molecular formula is C19H19NO5S. The number of carbonyl (C=O) groups excluding carboxylic acids is 2. The summed E-state index contributed by atoms with van der Waals surface area (Å²) in [5, 5.41) is 4.19. The highest BCUT2D eigenvalue weighted by Gasteiger charge is 2.22. The van der Waals surface area contributed by atoms with Gasteiger partial charge < -0.3 is 19.2 Å². The molecule has 2 aromatic heterocycles. The Morgan fingerprint density at radius 2 is 2.00 bits per heavy atom. The minimum absolute atomic E-state index is 0.135. The van der Waals surface area contributed by atoms with E-state index in [0.717, 1.165) is 21.4 Å². The van der Waals surface area contributed by atoms with E-state index in [4.69, 9.17) is 13.9 Å². The zero-order chi connectivity index (χ0) is 18.8. The van der Waals surface area contributed by atoms with Gasteiger partial charge in [0, 0.05) is 21.9 Å². The van der Waals surface area contributed by atoms with E-state index in [0.29, 0.717) is 21.9 Å². The Hall–Kier alpha value is -2.80. The highest BCUT2D eigenvalue weighted by Crippen LogP contribution is 2.33. The molecule has 136 valence electrons. The van der Waals surface area contributed by atoms with Crippen molar-refractivity contribution in [3.63, 3.8) is 0 Å². The Balaban J connectivity index is 1.82. The number of hydrogen-bond acceptors (Lipinski definition) is 6. The van der Waals surface area contributed by atoms with Gasteiger partial charge in [0.15, 0.2) is 0 Å². The lowest BCUT2D eigenvalue weighted by Crippen LogP contribution is -2.16. The van der Waals surface area contributed by atoms with Crippen molar-refractivity contribution in [2.75, 3.05) is 19.5 Å². The molecule has 7 heteroatoms. The standard InChI is InChI=1S/C19H19NO5S/c1-10-11(2)26-18(17(10)19(22)24-4)20-16(21)7-12-9-25-15-8-13(23-3)5-6-14(12)15/h5-6,8-9H,7H2,1-4H3,(H,20,21). The van der Waals surface area contributed by atoms with Crippen LogP contribution in [0.5, 0.6) is 5.75 Å². The minimum atomic E-state index is -0.456. The van der Waals surface area contributed by atoms with Crippen molar-refractivity contribution in [1.82, 2.24) is 0 Å². The van der Waals surface area contributed by atoms with Gasteiger partial charge in [-0.05, 0) is 31.5 Å². The summed E-state index contributed by atoms with van der Waals surface area (Å²) in [7, 11) is 2.91. The lowest BCUT2D eigenvalue weighted by atomic mass is 10.1. The number of anilines is 1. The normalized spacial score (nSPS) is 10.8. The van der Waals surface area contributed by atoms with Gasteiger partial charge in [-0.25, -0.2) is 4.79 Å². The molecule has 2 heterocycles. The van der Waals surface area contributed by atoms with Crippen LogP contribution in [-0.2, 0) is 16.0 Å². The molecule has 1 N–H and O–H groups in total. The molecule has 0 radical (unpaired) electrons. The SMILES string of the molecule is COC(=O)c1c(NC(=O)Cc2coc3cc(OC)ccc23)sc(C)c1C. The van der Waals surface area contributed by atoms with Crippen molar-refractivity contribution in [3.8, 4) is 5.75 Å². The molecule has 0 unspecified atom stereocenters. The van der Waals surface area contributed by atoms with Crippen LogP contribution < -0.4 is 10.1 Å². The number of fused-ring (bicyclic) bond motifs is 1. The zero-order valence-corrected chi connectivity index (χ0v) is 15.8. The maximum atomic E-state index is 12.5. The maximum Gasteiger partial charge on any atom is 0.341 e. The minimum Gasteiger partial charge on any atom is -0.497 e. The number of rotatable bonds is 5. The smallest absolute Gasteiger partial charge is 0.341 e. The van der Waals surface area contributed by atoms with Crippen molar-refractivity contribution in [2.24, 2.45) is 0 Å². The predicted molar refractivity (Wildman–Crippen MR) is 100 cm³/mol. The van der Waals surface area contributed by atoms with E-state index < -0.39 is 5.97 Å². The number of hydrogen-bond donors (Lipinski definition) is 1. The molecule has 0 bridgehead atoms. The van der Waals surface area contributed by atoms with Gasteiger partial charge in [-0.1, -0.05) is 0 Å². The Morgan fingerprint density at radius 3 is 2.69 bits per heavy atom. The van der Waals surface area contributed by atoms with Crippen molar-refractivity contribution >= 4 is 39.2 Å². The topological polar surface area (TPSA) is 77.8 Å². The highest BCUT2D eigenvalue weighted by atomic mass is 32.1. The van der Waals surface area contributed by atoms with Gasteiger partial charge in [-0.3, -0.25) is 4.79 Å². The second-order valence-corrected chi connectivity index (χ2v) is 7.05. The monoisotopic (exact) mass is 373 g/mol. The fraction of sp³-hybridized carbons (Fsp3) is 0.263. The number of thiophene rings is 1. The van der Waals surface area contributed by atoms with Crippen molar-refractivity contribution in [1.29, 1.82) is 0 Å². The van der Waals surface area contributed by atoms with E-state index in [-0.39, 0.29) is 12.3 Å². The van der Waals surface area contributed by atoms with Gasteiger partial charge in [0.05, 0.1) is 32.5 Å². The Bertz CT molecular complexity index is 985. The second kappa shape index (κ2) is 7.21. The summed E-state index contributed by atoms with van der Waals surface area (Å²) >= 11 is 1.36. The number of nitrogens with one attached hydrogen (secondary N) is 1. The Labute approximate surface area is 154 Å². The first-order valence-electron chi connectivity index (χ1n) is 7.96. The van der Waals surface area contributed by atoms with Crippen LogP contribution in [0, 0.1) is 13.8 Å². The summed E-state index contributed by atoms with van der Waals surface area (Å²) < 4.78 is 15.5. The first-order chi connectivity index (χ1) is 12.4. The molecule has 3 aromatic rings. The molecule has 0 aliphatic heterocycles. The molecule has 0 aliphatic rings. The number of methoxy groups -OCH3 is 2. The van der Waals surface area contributed by atoms with E-state index >= 15 is 0 Å². The second-order valence-electron chi connectivity index (χ2n) is 5.83. The van der Waals surface area contributed by atoms with E-state index in [1.54, 1.807) is 19.4 Å². The Kier molecular flexibility index (Phi) is 4.99. The van der Waals surface area contributed by atoms with Crippen LogP contribution in [0.3, 0.4) is 0 Å². The van der Waals surface area contributed by atoms with Crippen LogP contribution in [0.4, 0.5) is 5.00 Å². The molecule has 0 fully saturated rings. The summed E-state index contributed by atoms with van der Waals surface area (Å²) in [5.74, 6) is 0.00744. The summed E-state index contributed by atoms with van der Waals surface area (Å²) in [5.41, 5.74) is 2.65. The molecular weight excluding hydrogens is 354 g/mol. The number of esters is 1. The van der Waals surface area contributed by atoms with Gasteiger partial charge in [-0.2, -0.15) is 0 Å². The van der Waals surface area contributed by atoms with Gasteiger partial charge in [-0.15, -0.1) is 11.3 Å². The van der Waals surface area contributed by atoms with Crippen LogP contribution >= 0.6 is 11.3 Å². The van der Waals surface area contributed by atoms with E-state index in [1.807, 2.05) is 26.0 Å². The fourth-order valence-corrected chi connectivity index (χ4v) is 3.80. The molecule has 0 aliphatic carbocycles. The number of ether oxygens (including phenoxy) is 2. The predicted octanol–water partition coefficient (Wildman–Crippen LogP) is 4.09. The largest absolute Gasteiger partial charge is 0.497 e. The quantitative estimate of drug-likeness (QED) is 0.682. The van der Waals surface area contributed by atoms with Gasteiger partial charge in [0.25, 0.3) is 0 Å². The number of benzene rings is 1. The summed E-state index contributed by atoms with van der Waals surface area (Å²) in [6.07, 6.45) is 1.70. The first kappa shape index (κ1) is 18.0. The van der Waals surface area contributed by atoms with Crippen molar-refractivity contribution in [2.45, 2.75) is 20.3 Å². The van der Waals surface area contributed by atoms with E-state index in [2.05, 4.69) is 5.32 Å². The van der Waals surface area contributed by atoms with Crippen molar-refractivity contribution in [3.05, 3.63) is 46.0 Å². The molecule has 0 saturated heterocycles. The van der Waals surface area contributed by atoms with Gasteiger partial charge in [0.1, 0.15) is 16.3 Å².